The molecule has 0 bridgehead atoms. The minimum absolute atomic E-state index is 0.0100. The van der Waals surface area contributed by atoms with Gasteiger partial charge in [0.2, 0.25) is 0 Å². The lowest BCUT2D eigenvalue weighted by atomic mass is 10.2. The first kappa shape index (κ1) is 11.0. The molecule has 90 valence electrons. The van der Waals surface area contributed by atoms with Crippen molar-refractivity contribution < 1.29 is 0 Å². The fourth-order valence-electron chi connectivity index (χ4n) is 2.13. The summed E-state index contributed by atoms with van der Waals surface area (Å²) in [5.74, 6) is 0.911. The molecular weight excluding hydrogens is 258 g/mol. The molecule has 0 unspecified atom stereocenters. The van der Waals surface area contributed by atoms with Crippen LogP contribution in [0.1, 0.15) is 23.5 Å². The number of fused-ring (bicyclic) bond motifs is 1. The summed E-state index contributed by atoms with van der Waals surface area (Å²) in [7, 11) is 0. The van der Waals surface area contributed by atoms with Gasteiger partial charge in [-0.1, -0.05) is 11.6 Å². The molecule has 1 aliphatic rings. The Morgan fingerprint density at radius 3 is 3.06 bits per heavy atom. The standard InChI is InChI=1S/C11H12ClN3OS/c12-8-4-6-17-9(8)7-15-11(16)14-5-2-1-3-10(14)13-15/h4,6H,1-3,5,7H2. The molecule has 0 aromatic carbocycles. The van der Waals surface area contributed by atoms with Gasteiger partial charge in [-0.25, -0.2) is 9.48 Å². The fraction of sp³-hybridized carbons (Fsp3) is 0.455. The number of rotatable bonds is 2. The molecule has 0 N–H and O–H groups in total. The van der Waals surface area contributed by atoms with Crippen molar-refractivity contribution in [3.05, 3.63) is 37.7 Å². The molecule has 2 aromatic rings. The van der Waals surface area contributed by atoms with Crippen molar-refractivity contribution in [2.24, 2.45) is 0 Å². The second-order valence-electron chi connectivity index (χ2n) is 4.16. The van der Waals surface area contributed by atoms with E-state index in [1.54, 1.807) is 15.9 Å². The van der Waals surface area contributed by atoms with Gasteiger partial charge >= 0.3 is 5.69 Å². The van der Waals surface area contributed by atoms with Crippen molar-refractivity contribution in [1.29, 1.82) is 0 Å². The largest absolute Gasteiger partial charge is 0.346 e. The summed E-state index contributed by atoms with van der Waals surface area (Å²) >= 11 is 7.59. The monoisotopic (exact) mass is 269 g/mol. The third-order valence-electron chi connectivity index (χ3n) is 3.02. The molecule has 3 rings (SSSR count). The molecule has 4 nitrogen and oxygen atoms in total. The van der Waals surface area contributed by atoms with Crippen molar-refractivity contribution in [2.75, 3.05) is 0 Å². The highest BCUT2D eigenvalue weighted by Crippen LogP contribution is 2.22. The van der Waals surface area contributed by atoms with Crippen LogP contribution in [0.2, 0.25) is 5.02 Å². The highest BCUT2D eigenvalue weighted by atomic mass is 35.5. The Morgan fingerprint density at radius 1 is 1.47 bits per heavy atom. The molecule has 17 heavy (non-hydrogen) atoms. The van der Waals surface area contributed by atoms with Crippen LogP contribution in [0.3, 0.4) is 0 Å². The van der Waals surface area contributed by atoms with Crippen molar-refractivity contribution in [3.8, 4) is 0 Å². The molecular formula is C11H12ClN3OS. The van der Waals surface area contributed by atoms with E-state index in [9.17, 15) is 4.79 Å². The van der Waals surface area contributed by atoms with Crippen LogP contribution in [0.5, 0.6) is 0 Å². The average molecular weight is 270 g/mol. The Bertz CT molecular complexity index is 598. The quantitative estimate of drug-likeness (QED) is 0.838. The maximum absolute atomic E-state index is 12.1. The van der Waals surface area contributed by atoms with Crippen molar-refractivity contribution in [1.82, 2.24) is 14.3 Å². The first-order valence-corrected chi connectivity index (χ1v) is 6.90. The number of hydrogen-bond donors (Lipinski definition) is 0. The predicted molar refractivity (Wildman–Crippen MR) is 67.9 cm³/mol. The molecule has 0 atom stereocenters. The second kappa shape index (κ2) is 4.31. The molecule has 0 saturated heterocycles. The molecule has 6 heteroatoms. The van der Waals surface area contributed by atoms with E-state index in [2.05, 4.69) is 5.10 Å². The molecule has 0 saturated carbocycles. The number of aryl methyl sites for hydroxylation is 1. The Hall–Kier alpha value is -1.07. The maximum Gasteiger partial charge on any atom is 0.346 e. The normalized spacial score (nSPS) is 14.9. The number of thiophene rings is 1. The summed E-state index contributed by atoms with van der Waals surface area (Å²) < 4.78 is 3.31. The lowest BCUT2D eigenvalue weighted by Crippen LogP contribution is -2.27. The predicted octanol–water partition coefficient (Wildman–Crippen LogP) is 2.14. The van der Waals surface area contributed by atoms with E-state index in [-0.39, 0.29) is 5.69 Å². The maximum atomic E-state index is 12.1. The number of hydrogen-bond acceptors (Lipinski definition) is 3. The Balaban J connectivity index is 1.97. The molecule has 0 radical (unpaired) electrons. The van der Waals surface area contributed by atoms with Crippen molar-refractivity contribution in [3.63, 3.8) is 0 Å². The zero-order valence-electron chi connectivity index (χ0n) is 9.23. The van der Waals surface area contributed by atoms with E-state index in [1.165, 1.54) is 4.68 Å². The van der Waals surface area contributed by atoms with Gasteiger partial charge in [0, 0.05) is 17.8 Å². The first-order chi connectivity index (χ1) is 8.25. The molecule has 1 aliphatic heterocycles. The van der Waals surface area contributed by atoms with Gasteiger partial charge in [-0.15, -0.1) is 11.3 Å². The van der Waals surface area contributed by atoms with Gasteiger partial charge in [0.15, 0.2) is 0 Å². The van der Waals surface area contributed by atoms with Crippen molar-refractivity contribution in [2.45, 2.75) is 32.4 Å². The van der Waals surface area contributed by atoms with Gasteiger partial charge in [0.25, 0.3) is 0 Å². The first-order valence-electron chi connectivity index (χ1n) is 5.64. The van der Waals surface area contributed by atoms with Crippen LogP contribution in [-0.2, 0) is 19.5 Å². The molecule has 0 amide bonds. The molecule has 3 heterocycles. The fourth-order valence-corrected chi connectivity index (χ4v) is 3.20. The zero-order chi connectivity index (χ0) is 11.8. The summed E-state index contributed by atoms with van der Waals surface area (Å²) in [6.45, 7) is 1.28. The van der Waals surface area contributed by atoms with Crippen LogP contribution < -0.4 is 5.69 Å². The van der Waals surface area contributed by atoms with E-state index in [1.807, 2.05) is 11.4 Å². The van der Waals surface area contributed by atoms with Gasteiger partial charge < -0.3 is 0 Å². The number of nitrogens with zero attached hydrogens (tertiary/aromatic N) is 3. The molecule has 0 aliphatic carbocycles. The molecule has 2 aromatic heterocycles. The van der Waals surface area contributed by atoms with Gasteiger partial charge in [0.05, 0.1) is 11.6 Å². The zero-order valence-corrected chi connectivity index (χ0v) is 10.8. The second-order valence-corrected chi connectivity index (χ2v) is 5.56. The van der Waals surface area contributed by atoms with Gasteiger partial charge in [0.1, 0.15) is 5.82 Å². The van der Waals surface area contributed by atoms with E-state index < -0.39 is 0 Å². The van der Waals surface area contributed by atoms with Crippen LogP contribution in [0.15, 0.2) is 16.2 Å². The van der Waals surface area contributed by atoms with E-state index in [0.29, 0.717) is 11.6 Å². The average Bonchev–Trinajstić information content (AvgIpc) is 2.87. The van der Waals surface area contributed by atoms with Crippen molar-refractivity contribution >= 4 is 22.9 Å². The summed E-state index contributed by atoms with van der Waals surface area (Å²) in [6, 6.07) is 1.85. The van der Waals surface area contributed by atoms with Crippen LogP contribution in [-0.4, -0.2) is 14.3 Å². The molecule has 0 fully saturated rings. The van der Waals surface area contributed by atoms with Crippen LogP contribution in [0, 0.1) is 0 Å². The Morgan fingerprint density at radius 2 is 2.35 bits per heavy atom. The SMILES string of the molecule is O=c1n(Cc2sccc2Cl)nc2n1CCCC2. The lowest BCUT2D eigenvalue weighted by Gasteiger charge is -2.09. The van der Waals surface area contributed by atoms with Crippen LogP contribution in [0.4, 0.5) is 0 Å². The third kappa shape index (κ3) is 1.93. The van der Waals surface area contributed by atoms with E-state index in [4.69, 9.17) is 11.6 Å². The van der Waals surface area contributed by atoms with Gasteiger partial charge in [-0.05, 0) is 24.3 Å². The van der Waals surface area contributed by atoms with Crippen LogP contribution in [0.25, 0.3) is 0 Å². The Kier molecular flexibility index (Phi) is 2.80. The minimum Gasteiger partial charge on any atom is -0.279 e. The summed E-state index contributed by atoms with van der Waals surface area (Å²) in [4.78, 5) is 13.1. The Labute approximate surface area is 107 Å². The summed E-state index contributed by atoms with van der Waals surface area (Å²) in [5.41, 5.74) is -0.0100. The molecule has 0 spiro atoms. The van der Waals surface area contributed by atoms with E-state index in [0.717, 1.165) is 36.5 Å². The minimum atomic E-state index is -0.0100. The van der Waals surface area contributed by atoms with Gasteiger partial charge in [-0.2, -0.15) is 5.10 Å². The topological polar surface area (TPSA) is 39.8 Å². The smallest absolute Gasteiger partial charge is 0.279 e. The van der Waals surface area contributed by atoms with Crippen LogP contribution >= 0.6 is 22.9 Å². The number of halogens is 1. The number of aromatic nitrogens is 3. The summed E-state index contributed by atoms with van der Waals surface area (Å²) in [5, 5.41) is 7.03. The highest BCUT2D eigenvalue weighted by molar-refractivity contribution is 7.10. The van der Waals surface area contributed by atoms with E-state index >= 15 is 0 Å². The lowest BCUT2D eigenvalue weighted by molar-refractivity contribution is 0.511. The highest BCUT2D eigenvalue weighted by Gasteiger charge is 2.17. The summed E-state index contributed by atoms with van der Waals surface area (Å²) in [6.07, 6.45) is 3.09. The third-order valence-corrected chi connectivity index (χ3v) is 4.39. The van der Waals surface area contributed by atoms with Gasteiger partial charge in [-0.3, -0.25) is 4.57 Å².